The highest BCUT2D eigenvalue weighted by atomic mass is 14.2. The highest BCUT2D eigenvalue weighted by Gasteiger charge is 2.18. The lowest BCUT2D eigenvalue weighted by molar-refractivity contribution is 0.314. The number of benzene rings is 1. The molecule has 0 bridgehead atoms. The lowest BCUT2D eigenvalue weighted by atomic mass is 9.81. The molecular formula is C23H36. The molecule has 128 valence electrons. The van der Waals surface area contributed by atoms with E-state index in [1.807, 2.05) is 0 Å². The minimum atomic E-state index is 0.216. The van der Waals surface area contributed by atoms with E-state index in [0.717, 1.165) is 0 Å². The maximum absolute atomic E-state index is 2.36. The van der Waals surface area contributed by atoms with E-state index in [9.17, 15) is 0 Å². The van der Waals surface area contributed by atoms with E-state index in [1.165, 1.54) is 16.7 Å². The minimum absolute atomic E-state index is 0.216. The predicted octanol–water partition coefficient (Wildman–Crippen LogP) is 7.27. The molecule has 2 unspecified atom stereocenters. The molecule has 1 aromatic carbocycles. The van der Waals surface area contributed by atoms with Crippen molar-refractivity contribution in [1.82, 2.24) is 0 Å². The molecule has 0 fully saturated rings. The molecule has 0 radical (unpaired) electrons. The second-order valence-electron chi connectivity index (χ2n) is 8.90. The Morgan fingerprint density at radius 1 is 0.913 bits per heavy atom. The van der Waals surface area contributed by atoms with E-state index >= 15 is 0 Å². The number of hydrogen-bond acceptors (Lipinski definition) is 0. The summed E-state index contributed by atoms with van der Waals surface area (Å²) < 4.78 is 0. The SMILES string of the molecule is C/C=C(\C=C/C(C)C(C)(C)C)C(C)c1ccc(C(C)(C)C)cc1. The molecule has 1 aromatic rings. The zero-order chi connectivity index (χ0) is 17.8. The second-order valence-corrected chi connectivity index (χ2v) is 8.90. The van der Waals surface area contributed by atoms with E-state index in [-0.39, 0.29) is 5.41 Å². The van der Waals surface area contributed by atoms with Crippen LogP contribution in [-0.4, -0.2) is 0 Å². The fourth-order valence-electron chi connectivity index (χ4n) is 2.50. The molecule has 0 spiro atoms. The van der Waals surface area contributed by atoms with Crippen LogP contribution in [0.5, 0.6) is 0 Å². The van der Waals surface area contributed by atoms with Gasteiger partial charge in [-0.3, -0.25) is 0 Å². The largest absolute Gasteiger partial charge is 0.0838 e. The number of hydrogen-bond donors (Lipinski definition) is 0. The minimum Gasteiger partial charge on any atom is -0.0838 e. The van der Waals surface area contributed by atoms with Gasteiger partial charge in [0, 0.05) is 5.92 Å². The highest BCUT2D eigenvalue weighted by Crippen LogP contribution is 2.30. The van der Waals surface area contributed by atoms with Gasteiger partial charge in [0.25, 0.3) is 0 Å². The average molecular weight is 313 g/mol. The van der Waals surface area contributed by atoms with E-state index in [1.54, 1.807) is 0 Å². The van der Waals surface area contributed by atoms with Crippen LogP contribution in [0.1, 0.15) is 79.4 Å². The van der Waals surface area contributed by atoms with Gasteiger partial charge in [-0.15, -0.1) is 0 Å². The van der Waals surface area contributed by atoms with Crippen molar-refractivity contribution >= 4 is 0 Å². The van der Waals surface area contributed by atoms with E-state index in [2.05, 4.69) is 105 Å². The smallest absolute Gasteiger partial charge is 0.00576 e. The van der Waals surface area contributed by atoms with Gasteiger partial charge in [0.05, 0.1) is 0 Å². The van der Waals surface area contributed by atoms with Crippen molar-refractivity contribution in [2.45, 2.75) is 73.6 Å². The van der Waals surface area contributed by atoms with Crippen molar-refractivity contribution in [3.05, 3.63) is 59.2 Å². The molecule has 0 N–H and O–H groups in total. The van der Waals surface area contributed by atoms with Crippen LogP contribution in [0.15, 0.2) is 48.1 Å². The molecule has 0 saturated carbocycles. The van der Waals surface area contributed by atoms with Crippen LogP contribution in [0.25, 0.3) is 0 Å². The molecule has 0 heteroatoms. The quantitative estimate of drug-likeness (QED) is 0.513. The Bertz CT molecular complexity index is 541. The number of allylic oxidation sites excluding steroid dienone is 4. The third-order valence-corrected chi connectivity index (χ3v) is 5.05. The van der Waals surface area contributed by atoms with Crippen molar-refractivity contribution in [2.24, 2.45) is 11.3 Å². The van der Waals surface area contributed by atoms with Gasteiger partial charge >= 0.3 is 0 Å². The van der Waals surface area contributed by atoms with E-state index in [4.69, 9.17) is 0 Å². The first-order chi connectivity index (χ1) is 10.5. The van der Waals surface area contributed by atoms with Gasteiger partial charge in [-0.1, -0.05) is 97.9 Å². The van der Waals surface area contributed by atoms with Gasteiger partial charge in [-0.2, -0.15) is 0 Å². The van der Waals surface area contributed by atoms with E-state index in [0.29, 0.717) is 17.3 Å². The first kappa shape index (κ1) is 19.7. The molecular weight excluding hydrogens is 276 g/mol. The molecule has 0 heterocycles. The van der Waals surface area contributed by atoms with Crippen molar-refractivity contribution < 1.29 is 0 Å². The number of rotatable bonds is 4. The summed E-state index contributed by atoms with van der Waals surface area (Å²) in [5.41, 5.74) is 4.70. The summed E-state index contributed by atoms with van der Waals surface area (Å²) in [4.78, 5) is 0. The Morgan fingerprint density at radius 3 is 1.83 bits per heavy atom. The highest BCUT2D eigenvalue weighted by molar-refractivity contribution is 5.37. The fourth-order valence-corrected chi connectivity index (χ4v) is 2.50. The van der Waals surface area contributed by atoms with Crippen molar-refractivity contribution in [3.8, 4) is 0 Å². The van der Waals surface area contributed by atoms with Gasteiger partial charge in [0.15, 0.2) is 0 Å². The van der Waals surface area contributed by atoms with Gasteiger partial charge in [0.1, 0.15) is 0 Å². The average Bonchev–Trinajstić information content (AvgIpc) is 2.45. The summed E-state index contributed by atoms with van der Waals surface area (Å²) in [5.74, 6) is 0.991. The Balaban J connectivity index is 2.94. The Morgan fingerprint density at radius 2 is 1.43 bits per heavy atom. The van der Waals surface area contributed by atoms with Crippen LogP contribution in [-0.2, 0) is 5.41 Å². The van der Waals surface area contributed by atoms with Gasteiger partial charge in [-0.05, 0) is 40.4 Å². The normalized spacial score (nSPS) is 16.7. The van der Waals surface area contributed by atoms with Crippen LogP contribution in [0, 0.1) is 11.3 Å². The van der Waals surface area contributed by atoms with Crippen LogP contribution in [0.4, 0.5) is 0 Å². The summed E-state index contributed by atoms with van der Waals surface area (Å²) >= 11 is 0. The molecule has 2 atom stereocenters. The lowest BCUT2D eigenvalue weighted by Crippen LogP contribution is -2.14. The van der Waals surface area contributed by atoms with Gasteiger partial charge in [0.2, 0.25) is 0 Å². The lowest BCUT2D eigenvalue weighted by Gasteiger charge is -2.25. The Hall–Kier alpha value is -1.30. The van der Waals surface area contributed by atoms with Crippen LogP contribution in [0.3, 0.4) is 0 Å². The summed E-state index contributed by atoms with van der Waals surface area (Å²) in [6.07, 6.45) is 6.92. The maximum Gasteiger partial charge on any atom is 0.00576 e. The molecule has 1 rings (SSSR count). The van der Waals surface area contributed by atoms with Crippen molar-refractivity contribution in [3.63, 3.8) is 0 Å². The summed E-state index contributed by atoms with van der Waals surface area (Å²) in [6, 6.07) is 9.13. The van der Waals surface area contributed by atoms with Crippen LogP contribution >= 0.6 is 0 Å². The van der Waals surface area contributed by atoms with Crippen LogP contribution in [0.2, 0.25) is 0 Å². The first-order valence-electron chi connectivity index (χ1n) is 8.91. The molecule has 0 aliphatic carbocycles. The molecule has 0 aliphatic heterocycles. The second kappa shape index (κ2) is 7.51. The molecule has 23 heavy (non-hydrogen) atoms. The first-order valence-corrected chi connectivity index (χ1v) is 8.91. The third-order valence-electron chi connectivity index (χ3n) is 5.05. The monoisotopic (exact) mass is 312 g/mol. The zero-order valence-electron chi connectivity index (χ0n) is 16.7. The molecule has 0 amide bonds. The van der Waals surface area contributed by atoms with E-state index < -0.39 is 0 Å². The summed E-state index contributed by atoms with van der Waals surface area (Å²) in [7, 11) is 0. The van der Waals surface area contributed by atoms with Gasteiger partial charge < -0.3 is 0 Å². The Kier molecular flexibility index (Phi) is 6.45. The van der Waals surface area contributed by atoms with Crippen molar-refractivity contribution in [2.75, 3.05) is 0 Å². The molecule has 0 aromatic heterocycles. The molecule has 0 aliphatic rings. The maximum atomic E-state index is 2.36. The van der Waals surface area contributed by atoms with Crippen LogP contribution < -0.4 is 0 Å². The topological polar surface area (TPSA) is 0 Å². The zero-order valence-corrected chi connectivity index (χ0v) is 16.7. The summed E-state index contributed by atoms with van der Waals surface area (Å²) in [5, 5.41) is 0. The molecule has 0 nitrogen and oxygen atoms in total. The van der Waals surface area contributed by atoms with Crippen molar-refractivity contribution in [1.29, 1.82) is 0 Å². The predicted molar refractivity (Wildman–Crippen MR) is 105 cm³/mol. The summed E-state index contributed by atoms with van der Waals surface area (Å²) in [6.45, 7) is 20.4. The molecule has 0 saturated heterocycles. The fraction of sp³-hybridized carbons (Fsp3) is 0.565. The standard InChI is InChI=1S/C23H36/c1-10-19(12-11-17(2)22(4,5)6)18(3)20-13-15-21(16-14-20)23(7,8)9/h10-18H,1-9H3/b12-11-,19-10+. The third kappa shape index (κ3) is 5.68. The Labute approximate surface area is 144 Å². The van der Waals surface area contributed by atoms with Gasteiger partial charge in [-0.25, -0.2) is 0 Å².